The molecule has 1 saturated heterocycles. The van der Waals surface area contributed by atoms with E-state index >= 15 is 0 Å². The summed E-state index contributed by atoms with van der Waals surface area (Å²) in [7, 11) is -1.89. The first kappa shape index (κ1) is 20.5. The molecule has 2 N–H and O–H groups in total. The minimum Gasteiger partial charge on any atom is -0.444 e. The van der Waals surface area contributed by atoms with Gasteiger partial charge in [-0.3, -0.25) is 0 Å². The van der Waals surface area contributed by atoms with Gasteiger partial charge in [0.25, 0.3) is 0 Å². The molecule has 0 saturated carbocycles. The molecule has 0 aromatic heterocycles. The van der Waals surface area contributed by atoms with Gasteiger partial charge >= 0.3 is 6.09 Å². The van der Waals surface area contributed by atoms with Crippen LogP contribution in [0.2, 0.25) is 18.1 Å². The summed E-state index contributed by atoms with van der Waals surface area (Å²) >= 11 is 0. The molecule has 1 aliphatic rings. The second-order valence-electron chi connectivity index (χ2n) is 9.23. The van der Waals surface area contributed by atoms with E-state index in [0.717, 1.165) is 6.54 Å². The summed E-state index contributed by atoms with van der Waals surface area (Å²) < 4.78 is 12.0. The van der Waals surface area contributed by atoms with E-state index in [4.69, 9.17) is 9.16 Å². The zero-order chi connectivity index (χ0) is 18.1. The molecule has 0 spiro atoms. The number of hydrogen-bond acceptors (Lipinski definition) is 4. The number of rotatable bonds is 3. The number of alkyl carbamates (subject to hydrolysis) is 1. The molecule has 1 rings (SSSR count). The molecule has 0 aromatic carbocycles. The Bertz CT molecular complexity index is 413. The average Bonchev–Trinajstić information content (AvgIpc) is 2.29. The van der Waals surface area contributed by atoms with Gasteiger partial charge in [-0.2, -0.15) is 0 Å². The van der Waals surface area contributed by atoms with Crippen LogP contribution >= 0.6 is 0 Å². The maximum atomic E-state index is 12.1. The largest absolute Gasteiger partial charge is 0.444 e. The molecule has 136 valence electrons. The van der Waals surface area contributed by atoms with E-state index in [-0.39, 0.29) is 23.3 Å². The van der Waals surface area contributed by atoms with Gasteiger partial charge in [0.2, 0.25) is 0 Å². The van der Waals surface area contributed by atoms with Crippen LogP contribution in [-0.2, 0) is 9.16 Å². The lowest BCUT2D eigenvalue weighted by Crippen LogP contribution is -2.61. The van der Waals surface area contributed by atoms with Gasteiger partial charge in [-0.25, -0.2) is 4.79 Å². The van der Waals surface area contributed by atoms with Crippen molar-refractivity contribution in [2.24, 2.45) is 5.92 Å². The topological polar surface area (TPSA) is 59.6 Å². The third-order valence-corrected chi connectivity index (χ3v) is 9.20. The van der Waals surface area contributed by atoms with Crippen LogP contribution in [0.4, 0.5) is 4.79 Å². The fourth-order valence-electron chi connectivity index (χ4n) is 2.40. The number of carbonyl (C=O) groups is 1. The van der Waals surface area contributed by atoms with Crippen molar-refractivity contribution in [2.45, 2.75) is 84.3 Å². The number of ether oxygens (including phenoxy) is 1. The summed E-state index contributed by atoms with van der Waals surface area (Å²) in [4.78, 5) is 12.1. The first-order chi connectivity index (χ1) is 10.2. The van der Waals surface area contributed by atoms with E-state index < -0.39 is 13.9 Å². The van der Waals surface area contributed by atoms with Crippen molar-refractivity contribution in [1.82, 2.24) is 10.6 Å². The Morgan fingerprint density at radius 1 is 1.13 bits per heavy atom. The summed E-state index contributed by atoms with van der Waals surface area (Å²) in [6.45, 7) is 20.6. The lowest BCUT2D eigenvalue weighted by Gasteiger charge is -2.45. The van der Waals surface area contributed by atoms with Crippen molar-refractivity contribution in [3.05, 3.63) is 0 Å². The average molecular weight is 345 g/mol. The fraction of sp³-hybridized carbons (Fsp3) is 0.941. The van der Waals surface area contributed by atoms with E-state index in [9.17, 15) is 4.79 Å². The quantitative estimate of drug-likeness (QED) is 0.769. The molecule has 3 atom stereocenters. The van der Waals surface area contributed by atoms with Crippen LogP contribution in [-0.4, -0.2) is 45.2 Å². The van der Waals surface area contributed by atoms with Crippen LogP contribution < -0.4 is 10.6 Å². The lowest BCUT2D eigenvalue weighted by atomic mass is 9.94. The summed E-state index contributed by atoms with van der Waals surface area (Å²) in [6.07, 6.45) is -0.355. The Labute approximate surface area is 143 Å². The van der Waals surface area contributed by atoms with Crippen molar-refractivity contribution >= 4 is 14.4 Å². The molecule has 1 unspecified atom stereocenters. The minimum atomic E-state index is -1.89. The van der Waals surface area contributed by atoms with E-state index in [1.54, 1.807) is 0 Å². The fourth-order valence-corrected chi connectivity index (χ4v) is 3.83. The maximum absolute atomic E-state index is 12.1. The smallest absolute Gasteiger partial charge is 0.408 e. The molecular formula is C17H36N2O3Si. The molecule has 6 heteroatoms. The highest BCUT2D eigenvalue weighted by Gasteiger charge is 2.43. The number of hydrogen-bond donors (Lipinski definition) is 2. The van der Waals surface area contributed by atoms with E-state index in [1.165, 1.54) is 0 Å². The first-order valence-corrected chi connectivity index (χ1v) is 11.5. The molecule has 0 bridgehead atoms. The zero-order valence-corrected chi connectivity index (χ0v) is 17.4. The van der Waals surface area contributed by atoms with Gasteiger partial charge in [0, 0.05) is 13.1 Å². The van der Waals surface area contributed by atoms with Gasteiger partial charge in [0.05, 0.1) is 12.1 Å². The third kappa shape index (κ3) is 6.08. The molecule has 0 radical (unpaired) electrons. The highest BCUT2D eigenvalue weighted by molar-refractivity contribution is 6.74. The van der Waals surface area contributed by atoms with Gasteiger partial charge in [-0.15, -0.1) is 0 Å². The lowest BCUT2D eigenvalue weighted by molar-refractivity contribution is 0.0304. The highest BCUT2D eigenvalue weighted by atomic mass is 28.4. The molecule has 0 aromatic rings. The van der Waals surface area contributed by atoms with Crippen LogP contribution in [0, 0.1) is 5.92 Å². The van der Waals surface area contributed by atoms with Crippen molar-refractivity contribution in [2.75, 3.05) is 13.1 Å². The number of amides is 1. The number of piperidine rings is 1. The Balaban J connectivity index is 2.82. The highest BCUT2D eigenvalue weighted by Crippen LogP contribution is 2.38. The minimum absolute atomic E-state index is 0.0182. The van der Waals surface area contributed by atoms with Crippen molar-refractivity contribution in [1.29, 1.82) is 0 Å². The van der Waals surface area contributed by atoms with Crippen molar-refractivity contribution in [3.63, 3.8) is 0 Å². The van der Waals surface area contributed by atoms with Gasteiger partial charge < -0.3 is 19.8 Å². The Kier molecular flexibility index (Phi) is 6.32. The van der Waals surface area contributed by atoms with E-state index in [1.807, 2.05) is 20.8 Å². The van der Waals surface area contributed by atoms with Crippen molar-refractivity contribution in [3.8, 4) is 0 Å². The van der Waals surface area contributed by atoms with Crippen molar-refractivity contribution < 1.29 is 14.0 Å². The zero-order valence-electron chi connectivity index (χ0n) is 16.4. The summed E-state index contributed by atoms with van der Waals surface area (Å²) in [5.74, 6) is 0.345. The van der Waals surface area contributed by atoms with Gasteiger partial charge in [0.1, 0.15) is 5.60 Å². The van der Waals surface area contributed by atoms with Crippen LogP contribution in [0.1, 0.15) is 48.5 Å². The van der Waals surface area contributed by atoms with Gasteiger partial charge in [-0.1, -0.05) is 27.7 Å². The molecule has 23 heavy (non-hydrogen) atoms. The molecule has 1 fully saturated rings. The predicted octanol–water partition coefficient (Wildman–Crippen LogP) is 3.51. The Hall–Kier alpha value is -0.593. The SMILES string of the molecule is C[C@H]1CNC[C@@H](NC(=O)OC(C)(C)C)C1O[Si](C)(C)C(C)(C)C. The predicted molar refractivity (Wildman–Crippen MR) is 97.3 cm³/mol. The second-order valence-corrected chi connectivity index (χ2v) is 14.0. The Morgan fingerprint density at radius 3 is 2.17 bits per heavy atom. The molecule has 0 aliphatic carbocycles. The van der Waals surface area contributed by atoms with Crippen LogP contribution in [0.25, 0.3) is 0 Å². The van der Waals surface area contributed by atoms with Crippen LogP contribution in [0.15, 0.2) is 0 Å². The normalized spacial score (nSPS) is 26.7. The standard InChI is InChI=1S/C17H36N2O3Si/c1-12-10-18-11-13(19-15(20)21-16(2,3)4)14(12)22-23(8,9)17(5,6)7/h12-14,18H,10-11H2,1-9H3,(H,19,20)/t12-,13+,14?/m0/s1. The van der Waals surface area contributed by atoms with Gasteiger partial charge in [-0.05, 0) is 44.8 Å². The molecule has 1 aliphatic heterocycles. The van der Waals surface area contributed by atoms with E-state index in [2.05, 4.69) is 51.4 Å². The number of nitrogens with one attached hydrogen (secondary N) is 2. The third-order valence-electron chi connectivity index (χ3n) is 4.73. The summed E-state index contributed by atoms with van der Waals surface area (Å²) in [6, 6.07) is -0.0669. The monoisotopic (exact) mass is 344 g/mol. The molecule has 1 heterocycles. The van der Waals surface area contributed by atoms with Crippen LogP contribution in [0.5, 0.6) is 0 Å². The first-order valence-electron chi connectivity index (χ1n) is 8.61. The van der Waals surface area contributed by atoms with Gasteiger partial charge in [0.15, 0.2) is 8.32 Å². The molecule has 1 amide bonds. The van der Waals surface area contributed by atoms with E-state index in [0.29, 0.717) is 12.5 Å². The molecular weight excluding hydrogens is 308 g/mol. The second kappa shape index (κ2) is 7.11. The van der Waals surface area contributed by atoms with Crippen LogP contribution in [0.3, 0.4) is 0 Å². The summed E-state index contributed by atoms with van der Waals surface area (Å²) in [5, 5.41) is 6.52. The molecule has 5 nitrogen and oxygen atoms in total. The Morgan fingerprint density at radius 2 is 1.70 bits per heavy atom. The number of carbonyl (C=O) groups excluding carboxylic acids is 1. The maximum Gasteiger partial charge on any atom is 0.408 e. The summed E-state index contributed by atoms with van der Waals surface area (Å²) in [5.41, 5.74) is -0.492.